The first kappa shape index (κ1) is 9.07. The van der Waals surface area contributed by atoms with Crippen LogP contribution < -0.4 is 0 Å². The molecule has 4 heteroatoms. The fourth-order valence-corrected chi connectivity index (χ4v) is 1.46. The molecular weight excluding hydrogens is 191 g/mol. The Hall–Kier alpha value is -1.50. The third kappa shape index (κ3) is 1.09. The van der Waals surface area contributed by atoms with Gasteiger partial charge >= 0.3 is 0 Å². The summed E-state index contributed by atoms with van der Waals surface area (Å²) < 4.78 is 38.6. The molecule has 14 heavy (non-hydrogen) atoms. The Morgan fingerprint density at radius 3 is 2.29 bits per heavy atom. The molecule has 1 aromatic carbocycles. The molecule has 0 aromatic heterocycles. The Labute approximate surface area is 78.8 Å². The summed E-state index contributed by atoms with van der Waals surface area (Å²) in [6.07, 6.45) is 1.01. The SMILES string of the molecule is N#CC1(c2ccc(F)c(F)c2F)CC1. The Kier molecular flexibility index (Phi) is 1.78. The molecule has 1 saturated carbocycles. The minimum absolute atomic E-state index is 0.0288. The molecule has 0 unspecified atom stereocenters. The van der Waals surface area contributed by atoms with Gasteiger partial charge in [0.2, 0.25) is 0 Å². The van der Waals surface area contributed by atoms with Crippen LogP contribution in [0.1, 0.15) is 18.4 Å². The first-order valence-corrected chi connectivity index (χ1v) is 4.16. The van der Waals surface area contributed by atoms with E-state index in [-0.39, 0.29) is 5.56 Å². The van der Waals surface area contributed by atoms with E-state index in [9.17, 15) is 13.2 Å². The zero-order valence-electron chi connectivity index (χ0n) is 7.15. The molecule has 1 aliphatic carbocycles. The quantitative estimate of drug-likeness (QED) is 0.635. The van der Waals surface area contributed by atoms with Gasteiger partial charge in [0.25, 0.3) is 0 Å². The van der Waals surface area contributed by atoms with Crippen LogP contribution in [0.5, 0.6) is 0 Å². The summed E-state index contributed by atoms with van der Waals surface area (Å²) in [5, 5.41) is 8.76. The number of hydrogen-bond donors (Lipinski definition) is 0. The van der Waals surface area contributed by atoms with Crippen LogP contribution in [0, 0.1) is 28.8 Å². The van der Waals surface area contributed by atoms with Crippen molar-refractivity contribution in [3.05, 3.63) is 35.1 Å². The van der Waals surface area contributed by atoms with Crippen molar-refractivity contribution in [2.45, 2.75) is 18.3 Å². The van der Waals surface area contributed by atoms with E-state index in [0.717, 1.165) is 12.1 Å². The largest absolute Gasteiger partial charge is 0.204 e. The molecule has 1 fully saturated rings. The van der Waals surface area contributed by atoms with Gasteiger partial charge in [-0.05, 0) is 18.9 Å². The van der Waals surface area contributed by atoms with E-state index >= 15 is 0 Å². The van der Waals surface area contributed by atoms with Crippen molar-refractivity contribution >= 4 is 0 Å². The minimum atomic E-state index is -1.50. The van der Waals surface area contributed by atoms with E-state index in [1.54, 1.807) is 0 Å². The Morgan fingerprint density at radius 2 is 1.79 bits per heavy atom. The molecule has 2 rings (SSSR count). The van der Waals surface area contributed by atoms with Crippen LogP contribution in [0.4, 0.5) is 13.2 Å². The molecule has 0 atom stereocenters. The van der Waals surface area contributed by atoms with Gasteiger partial charge in [0.05, 0.1) is 11.5 Å². The van der Waals surface area contributed by atoms with Crippen molar-refractivity contribution in [2.75, 3.05) is 0 Å². The number of hydrogen-bond acceptors (Lipinski definition) is 1. The van der Waals surface area contributed by atoms with Crippen molar-refractivity contribution in [1.29, 1.82) is 5.26 Å². The average molecular weight is 197 g/mol. The van der Waals surface area contributed by atoms with Crippen LogP contribution >= 0.6 is 0 Å². The fourth-order valence-electron chi connectivity index (χ4n) is 1.46. The fraction of sp³-hybridized carbons (Fsp3) is 0.300. The molecule has 0 aliphatic heterocycles. The predicted octanol–water partition coefficient (Wildman–Crippen LogP) is 2.66. The lowest BCUT2D eigenvalue weighted by molar-refractivity contribution is 0.438. The van der Waals surface area contributed by atoms with Crippen molar-refractivity contribution in [1.82, 2.24) is 0 Å². The van der Waals surface area contributed by atoms with Gasteiger partial charge in [0, 0.05) is 5.56 Å². The van der Waals surface area contributed by atoms with Crippen LogP contribution in [-0.2, 0) is 5.41 Å². The Balaban J connectivity index is 2.57. The average Bonchev–Trinajstić information content (AvgIpc) is 2.95. The van der Waals surface area contributed by atoms with Crippen molar-refractivity contribution in [2.24, 2.45) is 0 Å². The minimum Gasteiger partial charge on any atom is -0.204 e. The Morgan fingerprint density at radius 1 is 1.14 bits per heavy atom. The maximum atomic E-state index is 13.2. The molecular formula is C10H6F3N. The topological polar surface area (TPSA) is 23.8 Å². The van der Waals surface area contributed by atoms with Gasteiger partial charge in [0.1, 0.15) is 0 Å². The summed E-state index contributed by atoms with van der Waals surface area (Å²) in [4.78, 5) is 0. The molecule has 72 valence electrons. The molecule has 0 amide bonds. The predicted molar refractivity (Wildman–Crippen MR) is 42.8 cm³/mol. The van der Waals surface area contributed by atoms with Crippen LogP contribution in [0.25, 0.3) is 0 Å². The van der Waals surface area contributed by atoms with Crippen molar-refractivity contribution in [3.63, 3.8) is 0 Å². The second kappa shape index (κ2) is 2.74. The van der Waals surface area contributed by atoms with Gasteiger partial charge in [-0.25, -0.2) is 13.2 Å². The van der Waals surface area contributed by atoms with Gasteiger partial charge in [-0.1, -0.05) is 6.07 Å². The molecule has 0 heterocycles. The van der Waals surface area contributed by atoms with Crippen molar-refractivity contribution in [3.8, 4) is 6.07 Å². The summed E-state index contributed by atoms with van der Waals surface area (Å²) in [5.41, 5.74) is -0.947. The van der Waals surface area contributed by atoms with Crippen LogP contribution in [0.3, 0.4) is 0 Å². The third-order valence-electron chi connectivity index (χ3n) is 2.51. The molecule has 0 spiro atoms. The smallest absolute Gasteiger partial charge is 0.194 e. The lowest BCUT2D eigenvalue weighted by atomic mass is 9.97. The van der Waals surface area contributed by atoms with E-state index in [1.807, 2.05) is 6.07 Å². The second-order valence-corrected chi connectivity index (χ2v) is 3.42. The number of benzene rings is 1. The lowest BCUT2D eigenvalue weighted by Gasteiger charge is -2.07. The number of nitrogens with zero attached hydrogens (tertiary/aromatic N) is 1. The zero-order valence-corrected chi connectivity index (χ0v) is 7.15. The second-order valence-electron chi connectivity index (χ2n) is 3.42. The van der Waals surface area contributed by atoms with Gasteiger partial charge < -0.3 is 0 Å². The highest BCUT2D eigenvalue weighted by molar-refractivity contribution is 5.40. The van der Waals surface area contributed by atoms with E-state index < -0.39 is 22.9 Å². The van der Waals surface area contributed by atoms with Crippen LogP contribution in [-0.4, -0.2) is 0 Å². The van der Waals surface area contributed by atoms with Gasteiger partial charge in [-0.2, -0.15) is 5.26 Å². The summed E-state index contributed by atoms with van der Waals surface area (Å²) >= 11 is 0. The van der Waals surface area contributed by atoms with E-state index in [1.165, 1.54) is 0 Å². The van der Waals surface area contributed by atoms with Crippen LogP contribution in [0.15, 0.2) is 12.1 Å². The van der Waals surface area contributed by atoms with Gasteiger partial charge in [-0.3, -0.25) is 0 Å². The van der Waals surface area contributed by atoms with Crippen LogP contribution in [0.2, 0.25) is 0 Å². The van der Waals surface area contributed by atoms with Gasteiger partial charge in [0.15, 0.2) is 17.5 Å². The standard InChI is InChI=1S/C10H6F3N/c11-7-2-1-6(8(12)9(7)13)10(5-14)3-4-10/h1-2H,3-4H2. The highest BCUT2D eigenvalue weighted by atomic mass is 19.2. The summed E-state index contributed by atoms with van der Waals surface area (Å²) in [7, 11) is 0. The molecule has 0 N–H and O–H groups in total. The maximum Gasteiger partial charge on any atom is 0.194 e. The maximum absolute atomic E-state index is 13.2. The molecule has 1 aliphatic rings. The number of halogens is 3. The molecule has 0 bridgehead atoms. The normalized spacial score (nSPS) is 17.6. The summed E-state index contributed by atoms with van der Waals surface area (Å²) in [6, 6.07) is 3.92. The monoisotopic (exact) mass is 197 g/mol. The number of rotatable bonds is 1. The van der Waals surface area contributed by atoms with E-state index in [2.05, 4.69) is 0 Å². The van der Waals surface area contributed by atoms with Gasteiger partial charge in [-0.15, -0.1) is 0 Å². The van der Waals surface area contributed by atoms with Crippen molar-refractivity contribution < 1.29 is 13.2 Å². The lowest BCUT2D eigenvalue weighted by Crippen LogP contribution is -2.08. The molecule has 0 radical (unpaired) electrons. The summed E-state index contributed by atoms with van der Waals surface area (Å²) in [5.74, 6) is -3.95. The first-order valence-electron chi connectivity index (χ1n) is 4.16. The highest BCUT2D eigenvalue weighted by Gasteiger charge is 2.47. The molecule has 1 nitrogen and oxygen atoms in total. The first-order chi connectivity index (χ1) is 6.60. The number of nitriles is 1. The summed E-state index contributed by atoms with van der Waals surface area (Å²) in [6.45, 7) is 0. The molecule has 1 aromatic rings. The Bertz CT molecular complexity index is 430. The van der Waals surface area contributed by atoms with E-state index in [0.29, 0.717) is 12.8 Å². The highest BCUT2D eigenvalue weighted by Crippen LogP contribution is 2.48. The third-order valence-corrected chi connectivity index (χ3v) is 2.51. The molecule has 0 saturated heterocycles. The van der Waals surface area contributed by atoms with E-state index in [4.69, 9.17) is 5.26 Å². The zero-order chi connectivity index (χ0) is 10.3.